The lowest BCUT2D eigenvalue weighted by Crippen LogP contribution is -2.31. The van der Waals surface area contributed by atoms with E-state index < -0.39 is 33.1 Å². The van der Waals surface area contributed by atoms with Crippen molar-refractivity contribution in [1.82, 2.24) is 5.32 Å². The number of ether oxygens (including phenoxy) is 1. The van der Waals surface area contributed by atoms with Gasteiger partial charge in [0.15, 0.2) is 0 Å². The summed E-state index contributed by atoms with van der Waals surface area (Å²) in [6, 6.07) is 2.89. The highest BCUT2D eigenvalue weighted by atomic mass is 35.5. The molecule has 0 bridgehead atoms. The first-order valence-corrected chi connectivity index (χ1v) is 8.04. The van der Waals surface area contributed by atoms with Crippen molar-refractivity contribution in [2.24, 2.45) is 0 Å². The van der Waals surface area contributed by atoms with Gasteiger partial charge in [0.1, 0.15) is 11.9 Å². The molecule has 1 saturated heterocycles. The van der Waals surface area contributed by atoms with E-state index in [4.69, 9.17) is 11.6 Å². The lowest BCUT2D eigenvalue weighted by Gasteiger charge is -2.13. The molecule has 2 unspecified atom stereocenters. The minimum Gasteiger partial charge on any atom is -0.468 e. The van der Waals surface area contributed by atoms with E-state index in [-0.39, 0.29) is 23.7 Å². The van der Waals surface area contributed by atoms with Crippen LogP contribution in [0.4, 0.5) is 10.1 Å². The first-order valence-electron chi connectivity index (χ1n) is 6.11. The van der Waals surface area contributed by atoms with Crippen molar-refractivity contribution in [2.45, 2.75) is 17.7 Å². The molecule has 2 atom stereocenters. The normalized spacial score (nSPS) is 22.0. The van der Waals surface area contributed by atoms with Crippen LogP contribution in [0.3, 0.4) is 0 Å². The molecule has 2 N–H and O–H groups in total. The van der Waals surface area contributed by atoms with Gasteiger partial charge in [-0.05, 0) is 24.6 Å². The molecule has 1 aliphatic heterocycles. The van der Waals surface area contributed by atoms with Crippen LogP contribution in [0.25, 0.3) is 0 Å². The third-order valence-electron chi connectivity index (χ3n) is 3.19. The fourth-order valence-electron chi connectivity index (χ4n) is 2.07. The summed E-state index contributed by atoms with van der Waals surface area (Å²) in [5.41, 5.74) is 0.169. The zero-order chi connectivity index (χ0) is 15.6. The number of esters is 1. The molecule has 0 saturated carbocycles. The predicted molar refractivity (Wildman–Crippen MR) is 76.2 cm³/mol. The highest BCUT2D eigenvalue weighted by Gasteiger charge is 2.37. The summed E-state index contributed by atoms with van der Waals surface area (Å²) in [5, 5.41) is 1.83. The van der Waals surface area contributed by atoms with Crippen molar-refractivity contribution in [3.05, 3.63) is 29.0 Å². The second-order valence-electron chi connectivity index (χ2n) is 4.62. The van der Waals surface area contributed by atoms with Gasteiger partial charge in [-0.25, -0.2) is 12.8 Å². The third-order valence-corrected chi connectivity index (χ3v) is 5.24. The molecular formula is C12H14ClFN2O4S. The van der Waals surface area contributed by atoms with E-state index in [0.29, 0.717) is 0 Å². The number of hydrogen-bond acceptors (Lipinski definition) is 5. The second kappa shape index (κ2) is 6.17. The van der Waals surface area contributed by atoms with Crippen molar-refractivity contribution >= 4 is 33.3 Å². The number of halogens is 2. The number of hydrogen-bond donors (Lipinski definition) is 2. The smallest absolute Gasteiger partial charge is 0.322 e. The first-order chi connectivity index (χ1) is 9.83. The van der Waals surface area contributed by atoms with Crippen LogP contribution < -0.4 is 10.0 Å². The fourth-order valence-corrected chi connectivity index (χ4v) is 3.63. The maximum atomic E-state index is 13.0. The van der Waals surface area contributed by atoms with Crippen molar-refractivity contribution in [3.8, 4) is 0 Å². The Balaban J connectivity index is 2.09. The topological polar surface area (TPSA) is 84.5 Å². The molecule has 0 aliphatic carbocycles. The van der Waals surface area contributed by atoms with E-state index in [9.17, 15) is 17.6 Å². The van der Waals surface area contributed by atoms with Crippen LogP contribution in [0.15, 0.2) is 18.2 Å². The average Bonchev–Trinajstić information content (AvgIpc) is 2.92. The molecule has 0 aromatic heterocycles. The lowest BCUT2D eigenvalue weighted by atomic mass is 10.2. The average molecular weight is 337 g/mol. The molecule has 1 heterocycles. The zero-order valence-corrected chi connectivity index (χ0v) is 12.7. The number of rotatable bonds is 4. The molecule has 6 nitrogen and oxygen atoms in total. The quantitative estimate of drug-likeness (QED) is 0.805. The Kier molecular flexibility index (Phi) is 4.70. The van der Waals surface area contributed by atoms with Crippen LogP contribution >= 0.6 is 11.6 Å². The number of carbonyl (C=O) groups is 1. The van der Waals surface area contributed by atoms with Gasteiger partial charge in [0, 0.05) is 6.54 Å². The molecule has 2 rings (SSSR count). The van der Waals surface area contributed by atoms with Gasteiger partial charge in [-0.2, -0.15) is 0 Å². The Hall–Kier alpha value is -1.38. The fraction of sp³-hybridized carbons (Fsp3) is 0.417. The van der Waals surface area contributed by atoms with Crippen LogP contribution in [0.1, 0.15) is 6.42 Å². The van der Waals surface area contributed by atoms with E-state index in [2.05, 4.69) is 14.8 Å². The second-order valence-corrected chi connectivity index (χ2v) is 6.99. The van der Waals surface area contributed by atoms with Gasteiger partial charge < -0.3 is 10.1 Å². The van der Waals surface area contributed by atoms with Crippen LogP contribution in [0.5, 0.6) is 0 Å². The van der Waals surface area contributed by atoms with Crippen molar-refractivity contribution in [1.29, 1.82) is 0 Å². The van der Waals surface area contributed by atoms with E-state index in [1.807, 2.05) is 0 Å². The van der Waals surface area contributed by atoms with Crippen LogP contribution in [0.2, 0.25) is 5.02 Å². The summed E-state index contributed by atoms with van der Waals surface area (Å²) < 4.78 is 44.4. The van der Waals surface area contributed by atoms with Crippen LogP contribution in [-0.4, -0.2) is 39.3 Å². The van der Waals surface area contributed by atoms with Crippen LogP contribution in [0, 0.1) is 5.82 Å². The minimum atomic E-state index is -3.72. The monoisotopic (exact) mass is 336 g/mol. The predicted octanol–water partition coefficient (Wildman–Crippen LogP) is 1.12. The van der Waals surface area contributed by atoms with Gasteiger partial charge in [0.05, 0.1) is 23.1 Å². The molecule has 1 aromatic carbocycles. The summed E-state index contributed by atoms with van der Waals surface area (Å²) in [5.74, 6) is -1.13. The number of sulfonamides is 1. The van der Waals surface area contributed by atoms with Gasteiger partial charge in [0.25, 0.3) is 0 Å². The van der Waals surface area contributed by atoms with Crippen LogP contribution in [-0.2, 0) is 19.6 Å². The van der Waals surface area contributed by atoms with E-state index in [1.54, 1.807) is 0 Å². The Bertz CT molecular complexity index is 653. The molecule has 1 fully saturated rings. The zero-order valence-electron chi connectivity index (χ0n) is 11.1. The Morgan fingerprint density at radius 1 is 1.52 bits per heavy atom. The number of methoxy groups -OCH3 is 1. The maximum absolute atomic E-state index is 13.0. The largest absolute Gasteiger partial charge is 0.468 e. The standard InChI is InChI=1S/C12H14ClFN2O4S/c1-20-12(17)11-5-8(6-15-11)21(18,19)16-7-2-3-10(14)9(13)4-7/h2-4,8,11,15-16H,5-6H2,1H3. The van der Waals surface area contributed by atoms with Gasteiger partial charge in [-0.3, -0.25) is 9.52 Å². The first kappa shape index (κ1) is 16.0. The lowest BCUT2D eigenvalue weighted by molar-refractivity contribution is -0.142. The minimum absolute atomic E-state index is 0.108. The molecule has 116 valence electrons. The molecule has 0 radical (unpaired) electrons. The van der Waals surface area contributed by atoms with E-state index in [1.165, 1.54) is 19.2 Å². The molecule has 1 aromatic rings. The van der Waals surface area contributed by atoms with E-state index >= 15 is 0 Å². The molecule has 1 aliphatic rings. The highest BCUT2D eigenvalue weighted by molar-refractivity contribution is 7.93. The van der Waals surface area contributed by atoms with Gasteiger partial charge >= 0.3 is 5.97 Å². The number of carbonyl (C=O) groups excluding carboxylic acids is 1. The van der Waals surface area contributed by atoms with Crippen molar-refractivity contribution < 1.29 is 22.3 Å². The maximum Gasteiger partial charge on any atom is 0.322 e. The molecule has 0 spiro atoms. The Morgan fingerprint density at radius 2 is 2.24 bits per heavy atom. The SMILES string of the molecule is COC(=O)C1CC(S(=O)(=O)Nc2ccc(F)c(Cl)c2)CN1. The van der Waals surface area contributed by atoms with Crippen molar-refractivity contribution in [2.75, 3.05) is 18.4 Å². The summed E-state index contributed by atoms with van der Waals surface area (Å²) in [4.78, 5) is 11.4. The van der Waals surface area contributed by atoms with E-state index in [0.717, 1.165) is 6.07 Å². The summed E-state index contributed by atoms with van der Waals surface area (Å²) in [6.07, 6.45) is 0.108. The molecular weight excluding hydrogens is 323 g/mol. The van der Waals surface area contributed by atoms with Gasteiger partial charge in [-0.1, -0.05) is 11.6 Å². The molecule has 0 amide bonds. The molecule has 21 heavy (non-hydrogen) atoms. The third kappa shape index (κ3) is 3.63. The number of nitrogens with one attached hydrogen (secondary N) is 2. The van der Waals surface area contributed by atoms with Gasteiger partial charge in [0.2, 0.25) is 10.0 Å². The van der Waals surface area contributed by atoms with Gasteiger partial charge in [-0.15, -0.1) is 0 Å². The summed E-state index contributed by atoms with van der Waals surface area (Å²) in [6.45, 7) is 0.129. The molecule has 9 heteroatoms. The number of benzene rings is 1. The Morgan fingerprint density at radius 3 is 2.86 bits per heavy atom. The summed E-state index contributed by atoms with van der Waals surface area (Å²) in [7, 11) is -2.48. The van der Waals surface area contributed by atoms with Crippen molar-refractivity contribution in [3.63, 3.8) is 0 Å². The Labute approximate surface area is 126 Å². The highest BCUT2D eigenvalue weighted by Crippen LogP contribution is 2.23. The number of anilines is 1. The summed E-state index contributed by atoms with van der Waals surface area (Å²) >= 11 is 5.60.